The van der Waals surface area contributed by atoms with E-state index in [1.54, 1.807) is 0 Å². The lowest BCUT2D eigenvalue weighted by molar-refractivity contribution is 0.552. The Morgan fingerprint density at radius 2 is 1.93 bits per heavy atom. The van der Waals surface area contributed by atoms with E-state index < -0.39 is 10.2 Å². The first-order valence-corrected chi connectivity index (χ1v) is 5.82. The largest absolute Gasteiger partial charge is 0.332 e. The lowest BCUT2D eigenvalue weighted by atomic mass is 10.0. The van der Waals surface area contributed by atoms with Crippen molar-refractivity contribution in [3.63, 3.8) is 0 Å². The van der Waals surface area contributed by atoms with Crippen molar-refractivity contribution in [1.82, 2.24) is 0 Å². The van der Waals surface area contributed by atoms with Gasteiger partial charge in [-0.25, -0.2) is 0 Å². The van der Waals surface area contributed by atoms with Gasteiger partial charge in [-0.3, -0.25) is 0 Å². The van der Waals surface area contributed by atoms with Gasteiger partial charge in [0.2, 0.25) is 0 Å². The molecule has 1 rings (SSSR count). The normalized spacial score (nSPS) is 12.1. The Bertz CT molecular complexity index is 440. The average molecular weight is 237 g/mol. The smallest absolute Gasteiger partial charge is 0.189 e. The third-order valence-corrected chi connectivity index (χ3v) is 3.03. The SMILES string of the molecule is CC(C)c1cc(S(=O)(=O)F)ccc1Cl. The Kier molecular flexibility index (Phi) is 3.17. The molecule has 0 bridgehead atoms. The minimum Gasteiger partial charge on any atom is -0.189 e. The second-order valence-electron chi connectivity index (χ2n) is 3.28. The van der Waals surface area contributed by atoms with Crippen LogP contribution in [0.1, 0.15) is 25.3 Å². The van der Waals surface area contributed by atoms with E-state index in [1.165, 1.54) is 12.1 Å². The minimum absolute atomic E-state index is 0.0594. The van der Waals surface area contributed by atoms with Crippen LogP contribution >= 0.6 is 11.6 Å². The van der Waals surface area contributed by atoms with Gasteiger partial charge in [0, 0.05) is 5.02 Å². The topological polar surface area (TPSA) is 34.1 Å². The zero-order chi connectivity index (χ0) is 10.9. The van der Waals surface area contributed by atoms with Crippen molar-refractivity contribution in [2.75, 3.05) is 0 Å². The lowest BCUT2D eigenvalue weighted by Crippen LogP contribution is -1.96. The summed E-state index contributed by atoms with van der Waals surface area (Å²) in [5.41, 5.74) is 0.630. The molecule has 1 aromatic rings. The highest BCUT2D eigenvalue weighted by Gasteiger charge is 2.15. The molecule has 0 aliphatic rings. The highest BCUT2D eigenvalue weighted by atomic mass is 35.5. The molecule has 0 aliphatic carbocycles. The lowest BCUT2D eigenvalue weighted by Gasteiger charge is -2.08. The predicted octanol–water partition coefficient (Wildman–Crippen LogP) is 3.12. The summed E-state index contributed by atoms with van der Waals surface area (Å²) in [5.74, 6) is 0.0594. The third kappa shape index (κ3) is 2.45. The van der Waals surface area contributed by atoms with Crippen molar-refractivity contribution < 1.29 is 12.3 Å². The maximum atomic E-state index is 12.6. The second kappa shape index (κ2) is 3.87. The van der Waals surface area contributed by atoms with Crippen molar-refractivity contribution >= 4 is 21.8 Å². The number of hydrogen-bond acceptors (Lipinski definition) is 2. The van der Waals surface area contributed by atoms with Crippen LogP contribution in [0, 0.1) is 0 Å². The van der Waals surface area contributed by atoms with Gasteiger partial charge in [0.25, 0.3) is 0 Å². The zero-order valence-electron chi connectivity index (χ0n) is 7.79. The Hall–Kier alpha value is -0.610. The summed E-state index contributed by atoms with van der Waals surface area (Å²) in [6.45, 7) is 3.71. The van der Waals surface area contributed by atoms with Crippen LogP contribution in [0.5, 0.6) is 0 Å². The van der Waals surface area contributed by atoms with Gasteiger partial charge in [-0.15, -0.1) is 3.89 Å². The van der Waals surface area contributed by atoms with Crippen molar-refractivity contribution in [2.45, 2.75) is 24.7 Å². The highest BCUT2D eigenvalue weighted by Crippen LogP contribution is 2.27. The predicted molar refractivity (Wildman–Crippen MR) is 53.8 cm³/mol. The maximum Gasteiger partial charge on any atom is 0.332 e. The number of hydrogen-bond donors (Lipinski definition) is 0. The molecule has 0 aromatic heterocycles. The molecule has 2 nitrogen and oxygen atoms in total. The quantitative estimate of drug-likeness (QED) is 0.740. The van der Waals surface area contributed by atoms with E-state index in [1.807, 2.05) is 13.8 Å². The molecule has 0 saturated carbocycles. The third-order valence-electron chi connectivity index (χ3n) is 1.87. The molecule has 5 heteroatoms. The van der Waals surface area contributed by atoms with E-state index in [0.717, 1.165) is 6.07 Å². The molecule has 0 unspecified atom stereocenters. The first kappa shape index (κ1) is 11.5. The van der Waals surface area contributed by atoms with Gasteiger partial charge in [0.15, 0.2) is 0 Å². The molecule has 0 fully saturated rings. The fourth-order valence-electron chi connectivity index (χ4n) is 1.12. The molecule has 14 heavy (non-hydrogen) atoms. The van der Waals surface area contributed by atoms with Crippen molar-refractivity contribution in [1.29, 1.82) is 0 Å². The van der Waals surface area contributed by atoms with Crippen LogP contribution in [-0.4, -0.2) is 8.42 Å². The minimum atomic E-state index is -4.63. The number of rotatable bonds is 2. The van der Waals surface area contributed by atoms with Gasteiger partial charge in [0.05, 0.1) is 4.90 Å². The summed E-state index contributed by atoms with van der Waals surface area (Å²) in [6, 6.07) is 3.81. The molecule has 0 atom stereocenters. The molecule has 1 aromatic carbocycles. The molecule has 0 saturated heterocycles. The first-order chi connectivity index (χ1) is 6.32. The van der Waals surface area contributed by atoms with Crippen molar-refractivity contribution in [2.24, 2.45) is 0 Å². The van der Waals surface area contributed by atoms with E-state index in [2.05, 4.69) is 0 Å². The van der Waals surface area contributed by atoms with Gasteiger partial charge in [-0.2, -0.15) is 8.42 Å². The molecular formula is C9H10ClFO2S. The Balaban J connectivity index is 3.34. The van der Waals surface area contributed by atoms with Crippen LogP contribution in [-0.2, 0) is 10.2 Å². The second-order valence-corrected chi connectivity index (χ2v) is 5.03. The monoisotopic (exact) mass is 236 g/mol. The maximum absolute atomic E-state index is 12.6. The highest BCUT2D eigenvalue weighted by molar-refractivity contribution is 7.86. The van der Waals surface area contributed by atoms with Crippen molar-refractivity contribution in [3.05, 3.63) is 28.8 Å². The summed E-state index contributed by atoms with van der Waals surface area (Å²) in [4.78, 5) is -0.342. The van der Waals surface area contributed by atoms with E-state index in [0.29, 0.717) is 10.6 Å². The van der Waals surface area contributed by atoms with Gasteiger partial charge in [-0.1, -0.05) is 25.4 Å². The average Bonchev–Trinajstić information content (AvgIpc) is 2.02. The van der Waals surface area contributed by atoms with Crippen LogP contribution in [0.2, 0.25) is 5.02 Å². The van der Waals surface area contributed by atoms with Gasteiger partial charge < -0.3 is 0 Å². The molecule has 0 heterocycles. The van der Waals surface area contributed by atoms with Crippen LogP contribution in [0.25, 0.3) is 0 Å². The van der Waals surface area contributed by atoms with Crippen LogP contribution in [0.3, 0.4) is 0 Å². The molecule has 0 spiro atoms. The van der Waals surface area contributed by atoms with Gasteiger partial charge in [-0.05, 0) is 29.7 Å². The van der Waals surface area contributed by atoms with E-state index in [4.69, 9.17) is 11.6 Å². The fourth-order valence-corrected chi connectivity index (χ4v) is 1.95. The Morgan fingerprint density at radius 3 is 2.36 bits per heavy atom. The molecule has 0 amide bonds. The summed E-state index contributed by atoms with van der Waals surface area (Å²) in [5, 5.41) is 0.451. The van der Waals surface area contributed by atoms with Crippen molar-refractivity contribution in [3.8, 4) is 0 Å². The Morgan fingerprint density at radius 1 is 1.36 bits per heavy atom. The molecule has 0 N–H and O–H groups in total. The zero-order valence-corrected chi connectivity index (χ0v) is 9.36. The van der Waals surface area contributed by atoms with Gasteiger partial charge in [0.1, 0.15) is 0 Å². The number of halogens is 2. The van der Waals surface area contributed by atoms with Crippen LogP contribution in [0.15, 0.2) is 23.1 Å². The first-order valence-electron chi connectivity index (χ1n) is 4.06. The van der Waals surface area contributed by atoms with E-state index in [9.17, 15) is 12.3 Å². The van der Waals surface area contributed by atoms with E-state index >= 15 is 0 Å². The standard InChI is InChI=1S/C9H10ClFO2S/c1-6(2)8-5-7(14(11,12)13)3-4-9(8)10/h3-6H,1-2H3. The Labute approximate surface area is 87.9 Å². The number of benzene rings is 1. The van der Waals surface area contributed by atoms with Crippen LogP contribution < -0.4 is 0 Å². The van der Waals surface area contributed by atoms with E-state index in [-0.39, 0.29) is 10.8 Å². The van der Waals surface area contributed by atoms with Gasteiger partial charge >= 0.3 is 10.2 Å². The summed E-state index contributed by atoms with van der Waals surface area (Å²) in [7, 11) is -4.63. The summed E-state index contributed by atoms with van der Waals surface area (Å²) < 4.78 is 33.8. The summed E-state index contributed by atoms with van der Waals surface area (Å²) in [6.07, 6.45) is 0. The molecule has 0 aliphatic heterocycles. The van der Waals surface area contributed by atoms with Crippen LogP contribution in [0.4, 0.5) is 3.89 Å². The molecular weight excluding hydrogens is 227 g/mol. The molecule has 0 radical (unpaired) electrons. The molecule has 78 valence electrons. The fraction of sp³-hybridized carbons (Fsp3) is 0.333. The summed E-state index contributed by atoms with van der Waals surface area (Å²) >= 11 is 5.82.